The number of aromatic nitrogens is 2. The first-order valence-corrected chi connectivity index (χ1v) is 7.04. The SMILES string of the molecule is O=C(O)c1cc(-c2cccs2)nn1-c1ccc(Cl)cc1. The lowest BCUT2D eigenvalue weighted by Gasteiger charge is -2.03. The zero-order valence-corrected chi connectivity index (χ0v) is 11.7. The molecule has 0 fully saturated rings. The smallest absolute Gasteiger partial charge is 0.354 e. The quantitative estimate of drug-likeness (QED) is 0.797. The van der Waals surface area contributed by atoms with E-state index in [0.717, 1.165) is 4.88 Å². The van der Waals surface area contributed by atoms with Crippen molar-refractivity contribution in [2.75, 3.05) is 0 Å². The van der Waals surface area contributed by atoms with Crippen molar-refractivity contribution in [3.63, 3.8) is 0 Å². The van der Waals surface area contributed by atoms with Gasteiger partial charge < -0.3 is 5.11 Å². The van der Waals surface area contributed by atoms with E-state index >= 15 is 0 Å². The predicted octanol–water partition coefficient (Wildman–Crippen LogP) is 3.95. The molecular formula is C14H9ClN2O2S. The number of benzene rings is 1. The fourth-order valence-electron chi connectivity index (χ4n) is 1.86. The highest BCUT2D eigenvalue weighted by Crippen LogP contribution is 2.26. The number of thiophene rings is 1. The van der Waals surface area contributed by atoms with Gasteiger partial charge in [0.05, 0.1) is 10.6 Å². The number of nitrogens with zero attached hydrogens (tertiary/aromatic N) is 2. The van der Waals surface area contributed by atoms with Crippen LogP contribution in [-0.4, -0.2) is 20.9 Å². The maximum atomic E-state index is 11.4. The Labute approximate surface area is 123 Å². The van der Waals surface area contributed by atoms with Gasteiger partial charge in [0.25, 0.3) is 0 Å². The first kappa shape index (κ1) is 12.9. The average Bonchev–Trinajstić information content (AvgIpc) is 3.08. The van der Waals surface area contributed by atoms with E-state index in [-0.39, 0.29) is 5.69 Å². The van der Waals surface area contributed by atoms with Crippen molar-refractivity contribution in [3.8, 4) is 16.3 Å². The van der Waals surface area contributed by atoms with Crippen LogP contribution in [0.4, 0.5) is 0 Å². The molecule has 0 aliphatic carbocycles. The van der Waals surface area contributed by atoms with Crippen LogP contribution in [0, 0.1) is 0 Å². The van der Waals surface area contributed by atoms with E-state index in [0.29, 0.717) is 16.4 Å². The van der Waals surface area contributed by atoms with Gasteiger partial charge in [0, 0.05) is 11.1 Å². The Balaban J connectivity index is 2.14. The molecule has 0 radical (unpaired) electrons. The fraction of sp³-hybridized carbons (Fsp3) is 0. The third kappa shape index (κ3) is 2.33. The maximum absolute atomic E-state index is 11.4. The molecule has 0 saturated carbocycles. The second kappa shape index (κ2) is 5.11. The van der Waals surface area contributed by atoms with Crippen LogP contribution < -0.4 is 0 Å². The normalized spacial score (nSPS) is 10.7. The number of hydrogen-bond acceptors (Lipinski definition) is 3. The number of halogens is 1. The molecule has 0 aliphatic rings. The molecule has 4 nitrogen and oxygen atoms in total. The van der Waals surface area contributed by atoms with Gasteiger partial charge in [-0.05, 0) is 35.7 Å². The molecule has 1 aromatic carbocycles. The molecule has 0 saturated heterocycles. The molecule has 6 heteroatoms. The molecule has 20 heavy (non-hydrogen) atoms. The van der Waals surface area contributed by atoms with Crippen LogP contribution in [0.15, 0.2) is 47.8 Å². The van der Waals surface area contributed by atoms with Gasteiger partial charge in [0.15, 0.2) is 5.69 Å². The molecule has 2 heterocycles. The topological polar surface area (TPSA) is 55.1 Å². The van der Waals surface area contributed by atoms with Crippen molar-refractivity contribution in [2.24, 2.45) is 0 Å². The summed E-state index contributed by atoms with van der Waals surface area (Å²) in [6, 6.07) is 12.3. The average molecular weight is 305 g/mol. The van der Waals surface area contributed by atoms with E-state index in [1.165, 1.54) is 16.0 Å². The molecule has 3 rings (SSSR count). The standard InChI is InChI=1S/C14H9ClN2O2S/c15-9-3-5-10(6-4-9)17-12(14(18)19)8-11(16-17)13-2-1-7-20-13/h1-8H,(H,18,19). The first-order valence-electron chi connectivity index (χ1n) is 5.78. The first-order chi connectivity index (χ1) is 9.65. The second-order valence-corrected chi connectivity index (χ2v) is 5.47. The Bertz CT molecular complexity index is 748. The summed E-state index contributed by atoms with van der Waals surface area (Å²) in [5.74, 6) is -1.02. The summed E-state index contributed by atoms with van der Waals surface area (Å²) in [4.78, 5) is 12.3. The van der Waals surface area contributed by atoms with Gasteiger partial charge in [0.1, 0.15) is 5.69 Å². The van der Waals surface area contributed by atoms with Crippen molar-refractivity contribution in [1.82, 2.24) is 9.78 Å². The molecule has 0 bridgehead atoms. The van der Waals surface area contributed by atoms with Gasteiger partial charge in [-0.15, -0.1) is 11.3 Å². The zero-order chi connectivity index (χ0) is 14.1. The Morgan fingerprint density at radius 1 is 1.25 bits per heavy atom. The fourth-order valence-corrected chi connectivity index (χ4v) is 2.66. The van der Waals surface area contributed by atoms with Crippen LogP contribution in [0.2, 0.25) is 5.02 Å². The molecule has 0 amide bonds. The summed E-state index contributed by atoms with van der Waals surface area (Å²) in [6.45, 7) is 0. The van der Waals surface area contributed by atoms with Crippen molar-refractivity contribution in [3.05, 3.63) is 58.6 Å². The van der Waals surface area contributed by atoms with Gasteiger partial charge in [-0.1, -0.05) is 17.7 Å². The molecule has 3 aromatic rings. The third-order valence-electron chi connectivity index (χ3n) is 2.77. The Hall–Kier alpha value is -2.11. The van der Waals surface area contributed by atoms with Gasteiger partial charge in [-0.3, -0.25) is 0 Å². The van der Waals surface area contributed by atoms with Crippen LogP contribution in [0.1, 0.15) is 10.5 Å². The van der Waals surface area contributed by atoms with E-state index < -0.39 is 5.97 Å². The Morgan fingerprint density at radius 3 is 2.60 bits per heavy atom. The highest BCUT2D eigenvalue weighted by Gasteiger charge is 2.17. The summed E-state index contributed by atoms with van der Waals surface area (Å²) >= 11 is 7.36. The van der Waals surface area contributed by atoms with Crippen molar-refractivity contribution >= 4 is 28.9 Å². The minimum atomic E-state index is -1.02. The molecular weight excluding hydrogens is 296 g/mol. The van der Waals surface area contributed by atoms with Crippen LogP contribution in [0.5, 0.6) is 0 Å². The number of carbonyl (C=O) groups is 1. The summed E-state index contributed by atoms with van der Waals surface area (Å²) in [6.07, 6.45) is 0. The van der Waals surface area contributed by atoms with Crippen molar-refractivity contribution in [1.29, 1.82) is 0 Å². The van der Waals surface area contributed by atoms with Crippen LogP contribution in [0.25, 0.3) is 16.3 Å². The molecule has 2 aromatic heterocycles. The number of carboxylic acid groups (broad SMARTS) is 1. The monoisotopic (exact) mass is 304 g/mol. The maximum Gasteiger partial charge on any atom is 0.354 e. The van der Waals surface area contributed by atoms with Gasteiger partial charge in [0.2, 0.25) is 0 Å². The molecule has 0 aliphatic heterocycles. The minimum Gasteiger partial charge on any atom is -0.477 e. The zero-order valence-electron chi connectivity index (χ0n) is 10.2. The molecule has 0 unspecified atom stereocenters. The van der Waals surface area contributed by atoms with E-state index in [4.69, 9.17) is 11.6 Å². The number of hydrogen-bond donors (Lipinski definition) is 1. The molecule has 1 N–H and O–H groups in total. The third-order valence-corrected chi connectivity index (χ3v) is 3.92. The Kier molecular flexibility index (Phi) is 3.30. The highest BCUT2D eigenvalue weighted by molar-refractivity contribution is 7.13. The van der Waals surface area contributed by atoms with Crippen molar-refractivity contribution in [2.45, 2.75) is 0 Å². The van der Waals surface area contributed by atoms with E-state index in [1.807, 2.05) is 17.5 Å². The van der Waals surface area contributed by atoms with E-state index in [1.54, 1.807) is 30.3 Å². The van der Waals surface area contributed by atoms with Crippen LogP contribution in [0.3, 0.4) is 0 Å². The van der Waals surface area contributed by atoms with Crippen molar-refractivity contribution < 1.29 is 9.90 Å². The summed E-state index contributed by atoms with van der Waals surface area (Å²) in [5, 5.41) is 16.2. The van der Waals surface area contributed by atoms with Crippen LogP contribution >= 0.6 is 22.9 Å². The number of aromatic carboxylic acids is 1. The van der Waals surface area contributed by atoms with E-state index in [9.17, 15) is 9.90 Å². The molecule has 0 spiro atoms. The second-order valence-electron chi connectivity index (χ2n) is 4.09. The minimum absolute atomic E-state index is 0.121. The summed E-state index contributed by atoms with van der Waals surface area (Å²) in [5.41, 5.74) is 1.43. The summed E-state index contributed by atoms with van der Waals surface area (Å²) in [7, 11) is 0. The summed E-state index contributed by atoms with van der Waals surface area (Å²) < 4.78 is 1.41. The molecule has 0 atom stereocenters. The van der Waals surface area contributed by atoms with Gasteiger partial charge in [-0.2, -0.15) is 5.10 Å². The lowest BCUT2D eigenvalue weighted by molar-refractivity contribution is 0.0687. The molecule has 100 valence electrons. The van der Waals surface area contributed by atoms with Gasteiger partial charge in [-0.25, -0.2) is 9.48 Å². The Morgan fingerprint density at radius 2 is 2.00 bits per heavy atom. The van der Waals surface area contributed by atoms with Gasteiger partial charge >= 0.3 is 5.97 Å². The highest BCUT2D eigenvalue weighted by atomic mass is 35.5. The number of rotatable bonds is 3. The largest absolute Gasteiger partial charge is 0.477 e. The predicted molar refractivity (Wildman–Crippen MR) is 78.8 cm³/mol. The van der Waals surface area contributed by atoms with Crippen LogP contribution in [-0.2, 0) is 0 Å². The lowest BCUT2D eigenvalue weighted by Crippen LogP contribution is -2.07. The number of carboxylic acids is 1. The lowest BCUT2D eigenvalue weighted by atomic mass is 10.3. The van der Waals surface area contributed by atoms with E-state index in [2.05, 4.69) is 5.10 Å².